The van der Waals surface area contributed by atoms with Crippen LogP contribution in [0.5, 0.6) is 0 Å². The van der Waals surface area contributed by atoms with Crippen molar-refractivity contribution in [2.24, 2.45) is 0 Å². The van der Waals surface area contributed by atoms with Gasteiger partial charge in [0.25, 0.3) is 0 Å². The van der Waals surface area contributed by atoms with Crippen molar-refractivity contribution >= 4 is 60.8 Å². The van der Waals surface area contributed by atoms with Gasteiger partial charge in [-0.1, -0.05) is 182 Å². The Kier molecular flexibility index (Phi) is 8.83. The van der Waals surface area contributed by atoms with Crippen LogP contribution in [0, 0.1) is 0 Å². The first-order valence-electron chi connectivity index (χ1n) is 21.5. The molecule has 2 aromatic heterocycles. The molecule has 0 amide bonds. The van der Waals surface area contributed by atoms with Crippen LogP contribution in [0.2, 0.25) is 0 Å². The Morgan fingerprint density at radius 3 is 1.33 bits per heavy atom. The van der Waals surface area contributed by atoms with E-state index in [1.165, 1.54) is 44.1 Å². The summed E-state index contributed by atoms with van der Waals surface area (Å²) >= 11 is 0. The highest BCUT2D eigenvalue weighted by molar-refractivity contribution is 6.11. The molecular weight excluding hydrogens is 765 g/mol. The van der Waals surface area contributed by atoms with Gasteiger partial charge < -0.3 is 13.9 Å². The lowest BCUT2D eigenvalue weighted by Gasteiger charge is -2.28. The number of furan rings is 1. The lowest BCUT2D eigenvalue weighted by atomic mass is 9.98. The number of aromatic nitrogens is 1. The van der Waals surface area contributed by atoms with Gasteiger partial charge in [-0.05, 0) is 94.0 Å². The van der Waals surface area contributed by atoms with E-state index in [2.05, 4.69) is 240 Å². The van der Waals surface area contributed by atoms with E-state index < -0.39 is 0 Å². The molecule has 0 unspecified atom stereocenters. The molecule has 0 saturated heterocycles. The zero-order valence-electron chi connectivity index (χ0n) is 34.4. The van der Waals surface area contributed by atoms with Crippen molar-refractivity contribution in [3.63, 3.8) is 0 Å². The van der Waals surface area contributed by atoms with Crippen LogP contribution in [0.3, 0.4) is 0 Å². The number of rotatable bonds is 8. The summed E-state index contributed by atoms with van der Waals surface area (Å²) in [5, 5.41) is 4.76. The first kappa shape index (κ1) is 36.5. The Balaban J connectivity index is 0.934. The highest BCUT2D eigenvalue weighted by Crippen LogP contribution is 2.45. The van der Waals surface area contributed by atoms with Crippen LogP contribution in [-0.4, -0.2) is 4.57 Å². The molecule has 0 N–H and O–H groups in total. The smallest absolute Gasteiger partial charge is 0.143 e. The lowest BCUT2D eigenvalue weighted by Crippen LogP contribution is -2.11. The van der Waals surface area contributed by atoms with Crippen molar-refractivity contribution in [3.8, 4) is 50.2 Å². The average molecular weight is 805 g/mol. The van der Waals surface area contributed by atoms with Crippen LogP contribution in [0.15, 0.2) is 247 Å². The number of hydrogen-bond donors (Lipinski definition) is 0. The van der Waals surface area contributed by atoms with Crippen molar-refractivity contribution < 1.29 is 4.42 Å². The minimum Gasteiger partial charge on any atom is -0.455 e. The molecule has 2 heterocycles. The van der Waals surface area contributed by atoms with Crippen molar-refractivity contribution in [3.05, 3.63) is 243 Å². The Bertz CT molecular complexity index is 3530. The largest absolute Gasteiger partial charge is 0.455 e. The third-order valence-electron chi connectivity index (χ3n) is 12.5. The summed E-state index contributed by atoms with van der Waals surface area (Å²) < 4.78 is 8.97. The van der Waals surface area contributed by atoms with Crippen LogP contribution < -0.4 is 4.90 Å². The minimum absolute atomic E-state index is 0.889. The molecule has 0 spiro atoms. The van der Waals surface area contributed by atoms with E-state index in [9.17, 15) is 0 Å². The highest BCUT2D eigenvalue weighted by Gasteiger charge is 2.21. The number of hydrogen-bond acceptors (Lipinski definition) is 2. The number of anilines is 3. The van der Waals surface area contributed by atoms with E-state index in [1.54, 1.807) is 0 Å². The molecule has 63 heavy (non-hydrogen) atoms. The van der Waals surface area contributed by atoms with Gasteiger partial charge in [0.05, 0.1) is 16.7 Å². The molecule has 0 fully saturated rings. The van der Waals surface area contributed by atoms with Crippen LogP contribution in [0.25, 0.3) is 93.9 Å². The molecular formula is C60H40N2O. The van der Waals surface area contributed by atoms with Crippen LogP contribution >= 0.6 is 0 Å². The Hall–Kier alpha value is -8.40. The van der Waals surface area contributed by atoms with Gasteiger partial charge in [-0.15, -0.1) is 0 Å². The minimum atomic E-state index is 0.889. The van der Waals surface area contributed by atoms with E-state index in [0.717, 1.165) is 66.9 Å². The second-order valence-electron chi connectivity index (χ2n) is 16.1. The van der Waals surface area contributed by atoms with Crippen LogP contribution in [0.4, 0.5) is 17.1 Å². The molecule has 0 aliphatic rings. The molecule has 0 radical (unpaired) electrons. The zero-order chi connectivity index (χ0) is 41.7. The molecule has 10 aromatic carbocycles. The summed E-state index contributed by atoms with van der Waals surface area (Å²) in [6.07, 6.45) is 0. The second kappa shape index (κ2) is 15.3. The fourth-order valence-electron chi connectivity index (χ4n) is 9.38. The molecule has 3 nitrogen and oxygen atoms in total. The summed E-state index contributed by atoms with van der Waals surface area (Å²) in [5.41, 5.74) is 17.8. The number of benzene rings is 10. The van der Waals surface area contributed by atoms with E-state index in [-0.39, 0.29) is 0 Å². The fraction of sp³-hybridized carbons (Fsp3) is 0. The van der Waals surface area contributed by atoms with Crippen molar-refractivity contribution in [1.29, 1.82) is 0 Å². The monoisotopic (exact) mass is 804 g/mol. The Labute approximate surface area is 366 Å². The summed E-state index contributed by atoms with van der Waals surface area (Å²) in [6, 6.07) is 87.0. The van der Waals surface area contributed by atoms with Crippen LogP contribution in [-0.2, 0) is 0 Å². The summed E-state index contributed by atoms with van der Waals surface area (Å²) in [6.45, 7) is 0. The number of nitrogens with zero attached hydrogens (tertiary/aromatic N) is 2. The molecule has 0 atom stereocenters. The first-order chi connectivity index (χ1) is 31.2. The molecule has 3 heteroatoms. The fourth-order valence-corrected chi connectivity index (χ4v) is 9.38. The van der Waals surface area contributed by atoms with Crippen LogP contribution in [0.1, 0.15) is 0 Å². The van der Waals surface area contributed by atoms with Crippen molar-refractivity contribution in [2.75, 3.05) is 4.90 Å². The number of fused-ring (bicyclic) bond motifs is 6. The zero-order valence-corrected chi connectivity index (χ0v) is 34.4. The van der Waals surface area contributed by atoms with Gasteiger partial charge in [0.1, 0.15) is 11.2 Å². The van der Waals surface area contributed by atoms with Gasteiger partial charge in [0.2, 0.25) is 0 Å². The third kappa shape index (κ3) is 6.38. The Morgan fingerprint density at radius 2 is 0.730 bits per heavy atom. The maximum atomic E-state index is 6.60. The number of para-hydroxylation sites is 5. The summed E-state index contributed by atoms with van der Waals surface area (Å²) in [5.74, 6) is 0. The second-order valence-corrected chi connectivity index (χ2v) is 16.1. The van der Waals surface area contributed by atoms with E-state index in [0.29, 0.717) is 0 Å². The molecule has 0 saturated carbocycles. The SMILES string of the molecule is c1ccc(-c2ccc(-c3ccc(N(c4ccc(-c5ccc(-n6c7ccccc7c7ccccc76)cc5)cc4)c4ccccc4-c4cccc5c4oc4ccccc45)cc3)cc2)cc1. The molecule has 0 aliphatic heterocycles. The molecule has 296 valence electrons. The van der Waals surface area contributed by atoms with E-state index in [1.807, 2.05) is 12.1 Å². The lowest BCUT2D eigenvalue weighted by molar-refractivity contribution is 0.670. The standard InChI is InChI=1S/C60H40N2O/c1-2-13-41(14-3-1)42-25-27-43(28-26-42)44-29-35-47(36-30-44)61(56-21-8-6-17-52(56)54-19-12-20-55-53-18-7-11-24-59(53)63-60(54)55)48-37-31-45(32-38-48)46-33-39-49(40-34-46)62-57-22-9-4-15-50(57)51-16-5-10-23-58(51)62/h1-40H. The maximum Gasteiger partial charge on any atom is 0.143 e. The molecule has 12 rings (SSSR count). The van der Waals surface area contributed by atoms with Gasteiger partial charge >= 0.3 is 0 Å². The van der Waals surface area contributed by atoms with Gasteiger partial charge in [-0.2, -0.15) is 0 Å². The molecule has 0 aliphatic carbocycles. The Morgan fingerprint density at radius 1 is 0.302 bits per heavy atom. The first-order valence-corrected chi connectivity index (χ1v) is 21.5. The van der Waals surface area contributed by atoms with Gasteiger partial charge in [-0.3, -0.25) is 0 Å². The normalized spacial score (nSPS) is 11.5. The maximum absolute atomic E-state index is 6.60. The van der Waals surface area contributed by atoms with Gasteiger partial charge in [0.15, 0.2) is 0 Å². The van der Waals surface area contributed by atoms with E-state index >= 15 is 0 Å². The van der Waals surface area contributed by atoms with Crippen molar-refractivity contribution in [2.45, 2.75) is 0 Å². The van der Waals surface area contributed by atoms with Gasteiger partial charge in [-0.25, -0.2) is 0 Å². The van der Waals surface area contributed by atoms with E-state index in [4.69, 9.17) is 4.42 Å². The average Bonchev–Trinajstić information content (AvgIpc) is 3.91. The molecule has 12 aromatic rings. The van der Waals surface area contributed by atoms with Gasteiger partial charge in [0, 0.05) is 49.7 Å². The summed E-state index contributed by atoms with van der Waals surface area (Å²) in [7, 11) is 0. The highest BCUT2D eigenvalue weighted by atomic mass is 16.3. The molecule has 0 bridgehead atoms. The quantitative estimate of drug-likeness (QED) is 0.153. The topological polar surface area (TPSA) is 21.3 Å². The van der Waals surface area contributed by atoms with Crippen molar-refractivity contribution in [1.82, 2.24) is 4.57 Å². The predicted octanol–water partition coefficient (Wildman–Crippen LogP) is 16.8. The summed E-state index contributed by atoms with van der Waals surface area (Å²) in [4.78, 5) is 2.37. The predicted molar refractivity (Wildman–Crippen MR) is 264 cm³/mol. The third-order valence-corrected chi connectivity index (χ3v) is 12.5.